The lowest BCUT2D eigenvalue weighted by Gasteiger charge is -2.13. The average Bonchev–Trinajstić information content (AvgIpc) is 3.42. The van der Waals surface area contributed by atoms with Gasteiger partial charge < -0.3 is 0 Å². The molecule has 0 bridgehead atoms. The summed E-state index contributed by atoms with van der Waals surface area (Å²) < 4.78 is 1.61. The van der Waals surface area contributed by atoms with E-state index in [9.17, 15) is 25.0 Å². The van der Waals surface area contributed by atoms with E-state index < -0.39 is 27.1 Å². The number of fused-ring (bicyclic) bond motifs is 1. The van der Waals surface area contributed by atoms with Gasteiger partial charge in [-0.25, -0.2) is 4.98 Å². The highest BCUT2D eigenvalue weighted by atomic mass is 79.9. The summed E-state index contributed by atoms with van der Waals surface area (Å²) in [6.07, 6.45) is 1.45. The lowest BCUT2D eigenvalue weighted by Crippen LogP contribution is -2.25. The van der Waals surface area contributed by atoms with E-state index in [0.29, 0.717) is 5.52 Å². The second-order valence-electron chi connectivity index (χ2n) is 6.24. The quantitative estimate of drug-likeness (QED) is 0.180. The minimum Gasteiger partial charge on any atom is -0.267 e. The first-order valence-electron chi connectivity index (χ1n) is 8.74. The standard InChI is InChI=1S/C19H10BrN5O5S2/c20-12-3-4-16-17(8-12)32-19(22-16)23(21-10-15-2-1-5-31-15)18(26)11-6-13(24(27)28)9-14(7-11)25(29)30/h1-10H/b21-10+. The van der Waals surface area contributed by atoms with Gasteiger partial charge in [0.25, 0.3) is 17.3 Å². The molecule has 0 unspecified atom stereocenters. The van der Waals surface area contributed by atoms with Gasteiger partial charge in [-0.1, -0.05) is 33.3 Å². The Kier molecular flexibility index (Phi) is 6.03. The number of halogens is 1. The normalized spacial score (nSPS) is 11.2. The zero-order valence-electron chi connectivity index (χ0n) is 15.7. The number of hydrazone groups is 1. The van der Waals surface area contributed by atoms with Gasteiger partial charge in [-0.15, -0.1) is 11.3 Å². The fraction of sp³-hybridized carbons (Fsp3) is 0. The minimum atomic E-state index is -0.793. The topological polar surface area (TPSA) is 132 Å². The first-order valence-corrected chi connectivity index (χ1v) is 11.2. The number of thiophene rings is 1. The average molecular weight is 532 g/mol. The van der Waals surface area contributed by atoms with Crippen molar-refractivity contribution >= 4 is 77.4 Å². The van der Waals surface area contributed by atoms with Crippen LogP contribution in [0, 0.1) is 20.2 Å². The number of rotatable bonds is 6. The van der Waals surface area contributed by atoms with Crippen molar-refractivity contribution in [3.05, 3.63) is 89.1 Å². The molecule has 1 amide bonds. The van der Waals surface area contributed by atoms with Crippen LogP contribution in [0.15, 0.2) is 63.5 Å². The highest BCUT2D eigenvalue weighted by Crippen LogP contribution is 2.33. The molecule has 2 aromatic carbocycles. The number of nitro benzene ring substituents is 2. The lowest BCUT2D eigenvalue weighted by atomic mass is 10.1. The number of hydrogen-bond donors (Lipinski definition) is 0. The summed E-state index contributed by atoms with van der Waals surface area (Å²) in [7, 11) is 0. The molecular formula is C19H10BrN5O5S2. The summed E-state index contributed by atoms with van der Waals surface area (Å²) >= 11 is 5.97. The smallest absolute Gasteiger partial charge is 0.267 e. The number of aromatic nitrogens is 1. The highest BCUT2D eigenvalue weighted by Gasteiger charge is 2.26. The van der Waals surface area contributed by atoms with Crippen LogP contribution in [0.2, 0.25) is 0 Å². The molecule has 2 heterocycles. The first kappa shape index (κ1) is 21.7. The van der Waals surface area contributed by atoms with E-state index in [-0.39, 0.29) is 10.7 Å². The molecule has 10 nitrogen and oxygen atoms in total. The zero-order chi connectivity index (χ0) is 22.8. The van der Waals surface area contributed by atoms with Crippen LogP contribution < -0.4 is 5.01 Å². The Morgan fingerprint density at radius 3 is 2.44 bits per heavy atom. The Morgan fingerprint density at radius 2 is 1.81 bits per heavy atom. The number of benzene rings is 2. The summed E-state index contributed by atoms with van der Waals surface area (Å²) in [5.41, 5.74) is -0.770. The first-order chi connectivity index (χ1) is 15.3. The number of nitrogens with zero attached hydrogens (tertiary/aromatic N) is 5. The van der Waals surface area contributed by atoms with Crippen molar-refractivity contribution in [1.29, 1.82) is 0 Å². The van der Waals surface area contributed by atoms with Gasteiger partial charge in [-0.2, -0.15) is 10.1 Å². The van der Waals surface area contributed by atoms with Crippen molar-refractivity contribution < 1.29 is 14.6 Å². The van der Waals surface area contributed by atoms with E-state index in [0.717, 1.165) is 37.3 Å². The predicted molar refractivity (Wildman–Crippen MR) is 126 cm³/mol. The summed E-state index contributed by atoms with van der Waals surface area (Å²) in [4.78, 5) is 39.4. The number of thiazole rings is 1. The Bertz CT molecular complexity index is 1350. The summed E-state index contributed by atoms with van der Waals surface area (Å²) in [5, 5.41) is 29.8. The van der Waals surface area contributed by atoms with Gasteiger partial charge in [0.15, 0.2) is 0 Å². The maximum Gasteiger partial charge on any atom is 0.281 e. The number of carbonyl (C=O) groups excluding carboxylic acids is 1. The third-order valence-corrected chi connectivity index (χ3v) is 6.42. The molecule has 13 heteroatoms. The zero-order valence-corrected chi connectivity index (χ0v) is 19.0. The second kappa shape index (κ2) is 8.90. The molecule has 0 fully saturated rings. The van der Waals surface area contributed by atoms with Crippen molar-refractivity contribution in [3.63, 3.8) is 0 Å². The van der Waals surface area contributed by atoms with Crippen molar-refractivity contribution in [2.24, 2.45) is 5.10 Å². The highest BCUT2D eigenvalue weighted by molar-refractivity contribution is 9.10. The summed E-state index contributed by atoms with van der Waals surface area (Å²) in [5.74, 6) is -0.789. The van der Waals surface area contributed by atoms with Crippen LogP contribution in [0.25, 0.3) is 10.2 Å². The second-order valence-corrected chi connectivity index (χ2v) is 9.14. The van der Waals surface area contributed by atoms with Crippen LogP contribution in [-0.4, -0.2) is 27.0 Å². The molecule has 0 aliphatic heterocycles. The molecule has 0 saturated carbocycles. The molecule has 0 spiro atoms. The van der Waals surface area contributed by atoms with Crippen molar-refractivity contribution in [2.75, 3.05) is 5.01 Å². The van der Waals surface area contributed by atoms with Gasteiger partial charge in [0.1, 0.15) is 0 Å². The molecule has 160 valence electrons. The van der Waals surface area contributed by atoms with Crippen LogP contribution >= 0.6 is 38.6 Å². The van der Waals surface area contributed by atoms with Crippen LogP contribution in [0.5, 0.6) is 0 Å². The van der Waals surface area contributed by atoms with Gasteiger partial charge in [-0.05, 0) is 29.6 Å². The monoisotopic (exact) mass is 531 g/mol. The Morgan fingerprint density at radius 1 is 1.09 bits per heavy atom. The van der Waals surface area contributed by atoms with E-state index >= 15 is 0 Å². The third kappa shape index (κ3) is 4.54. The van der Waals surface area contributed by atoms with E-state index in [2.05, 4.69) is 26.0 Å². The van der Waals surface area contributed by atoms with Crippen LogP contribution in [0.4, 0.5) is 16.5 Å². The molecule has 0 aliphatic carbocycles. The van der Waals surface area contributed by atoms with Crippen molar-refractivity contribution in [1.82, 2.24) is 4.98 Å². The molecule has 0 N–H and O–H groups in total. The lowest BCUT2D eigenvalue weighted by molar-refractivity contribution is -0.394. The predicted octanol–water partition coefficient (Wildman–Crippen LogP) is 5.62. The Labute approximate surface area is 195 Å². The maximum atomic E-state index is 13.3. The SMILES string of the molecule is O=C(c1cc([N+](=O)[O-])cc([N+](=O)[O-])c1)N(/N=C/c1cccs1)c1nc2ccc(Br)cc2s1. The maximum absolute atomic E-state index is 13.3. The van der Waals surface area contributed by atoms with Gasteiger partial charge >= 0.3 is 0 Å². The van der Waals surface area contributed by atoms with Gasteiger partial charge in [0.05, 0.1) is 37.9 Å². The van der Waals surface area contributed by atoms with E-state index in [4.69, 9.17) is 0 Å². The fourth-order valence-electron chi connectivity index (χ4n) is 2.70. The number of non-ortho nitro benzene ring substituents is 2. The number of amides is 1. The summed E-state index contributed by atoms with van der Waals surface area (Å²) in [6, 6.07) is 11.8. The molecule has 0 aliphatic rings. The third-order valence-electron chi connectivity index (χ3n) is 4.13. The number of nitro groups is 2. The molecule has 2 aromatic heterocycles. The van der Waals surface area contributed by atoms with Crippen molar-refractivity contribution in [3.8, 4) is 0 Å². The van der Waals surface area contributed by atoms with Crippen LogP contribution in [0.3, 0.4) is 0 Å². The van der Waals surface area contributed by atoms with Crippen LogP contribution in [0.1, 0.15) is 15.2 Å². The Balaban J connectivity index is 1.83. The molecule has 0 saturated heterocycles. The Hall–Kier alpha value is -3.55. The van der Waals surface area contributed by atoms with E-state index in [1.54, 1.807) is 18.2 Å². The van der Waals surface area contributed by atoms with E-state index in [1.807, 2.05) is 17.5 Å². The largest absolute Gasteiger partial charge is 0.281 e. The van der Waals surface area contributed by atoms with Crippen LogP contribution in [-0.2, 0) is 0 Å². The van der Waals surface area contributed by atoms with Gasteiger partial charge in [0, 0.05) is 21.5 Å². The van der Waals surface area contributed by atoms with Gasteiger partial charge in [-0.3, -0.25) is 25.0 Å². The number of hydrogen-bond acceptors (Lipinski definition) is 9. The fourth-order valence-corrected chi connectivity index (χ4v) is 4.75. The summed E-state index contributed by atoms with van der Waals surface area (Å²) in [6.45, 7) is 0. The molecular weight excluding hydrogens is 522 g/mol. The molecule has 4 aromatic rings. The molecule has 4 rings (SSSR count). The molecule has 0 radical (unpaired) electrons. The minimum absolute atomic E-state index is 0.213. The molecule has 32 heavy (non-hydrogen) atoms. The number of anilines is 1. The van der Waals surface area contributed by atoms with Gasteiger partial charge in [0.2, 0.25) is 5.13 Å². The molecule has 0 atom stereocenters. The number of carbonyl (C=O) groups is 1. The van der Waals surface area contributed by atoms with E-state index in [1.165, 1.54) is 28.9 Å². The van der Waals surface area contributed by atoms with Crippen molar-refractivity contribution in [2.45, 2.75) is 0 Å².